The molecule has 0 radical (unpaired) electrons. The van der Waals surface area contributed by atoms with Crippen LogP contribution in [0.3, 0.4) is 0 Å². The van der Waals surface area contributed by atoms with Crippen molar-refractivity contribution in [3.8, 4) is 0 Å². The van der Waals surface area contributed by atoms with Crippen molar-refractivity contribution in [2.75, 3.05) is 6.54 Å². The molecular weight excluding hydrogens is 168 g/mol. The van der Waals surface area contributed by atoms with Crippen LogP contribution >= 0.6 is 0 Å². The van der Waals surface area contributed by atoms with Crippen LogP contribution < -0.4 is 0 Å². The van der Waals surface area contributed by atoms with E-state index < -0.39 is 0 Å². The van der Waals surface area contributed by atoms with Crippen molar-refractivity contribution in [3.63, 3.8) is 0 Å². The Morgan fingerprint density at radius 1 is 1.43 bits per heavy atom. The molecule has 4 heteroatoms. The van der Waals surface area contributed by atoms with E-state index in [9.17, 15) is 0 Å². The van der Waals surface area contributed by atoms with Crippen molar-refractivity contribution in [3.05, 3.63) is 0 Å². The van der Waals surface area contributed by atoms with Crippen LogP contribution in [0.15, 0.2) is 9.21 Å². The second-order valence-electron chi connectivity index (χ2n) is 1.20. The molecule has 0 fully saturated rings. The van der Waals surface area contributed by atoms with Crippen LogP contribution in [0.2, 0.25) is 5.28 Å². The van der Waals surface area contributed by atoms with Crippen molar-refractivity contribution in [1.29, 1.82) is 0 Å². The predicted octanol–water partition coefficient (Wildman–Crippen LogP) is 1.26. The van der Waals surface area contributed by atoms with Crippen LogP contribution in [-0.2, 0) is 25.8 Å². The molecule has 1 rings (SSSR count). The Bertz CT molecular complexity index is 87.1. The zero-order chi connectivity index (χ0) is 4.95. The average molecular weight is 174 g/mol. The normalized spacial score (nSPS) is 19.4. The minimum atomic E-state index is 0.559. The topological polar surface area (TPSA) is 24.7 Å². The van der Waals surface area contributed by atoms with Crippen molar-refractivity contribution in [2.24, 2.45) is 9.21 Å². The molecule has 0 N–H and O–H groups in total. The third-order valence-electron chi connectivity index (χ3n) is 0.630. The van der Waals surface area contributed by atoms with Gasteiger partial charge in [-0.3, -0.25) is 0 Å². The quantitative estimate of drug-likeness (QED) is 0.528. The van der Waals surface area contributed by atoms with Gasteiger partial charge in [0.1, 0.15) is 0 Å². The maximum absolute atomic E-state index is 3.99. The first-order valence-electron chi connectivity index (χ1n) is 2.15. The van der Waals surface area contributed by atoms with E-state index in [0.717, 1.165) is 19.3 Å². The van der Waals surface area contributed by atoms with Crippen LogP contribution in [0.25, 0.3) is 0 Å². The van der Waals surface area contributed by atoms with Crippen molar-refractivity contribution in [2.45, 2.75) is 11.7 Å². The molecule has 0 aromatic heterocycles. The molecule has 7 heavy (non-hydrogen) atoms. The van der Waals surface area contributed by atoms with Gasteiger partial charge in [0.25, 0.3) is 0 Å². The Kier molecular flexibility index (Phi) is 3.01. The van der Waals surface area contributed by atoms with Crippen LogP contribution in [0, 0.1) is 0 Å². The van der Waals surface area contributed by atoms with Crippen molar-refractivity contribution in [1.82, 2.24) is 0 Å². The number of hydrogen-bond donors (Lipinski definition) is 0. The SMILES string of the molecule is C1CN=[N][Cr]=[Cr][CH2]1. The molecule has 0 amide bonds. The molecule has 1 aliphatic heterocycles. The van der Waals surface area contributed by atoms with E-state index in [1.807, 2.05) is 0 Å². The molecule has 0 aromatic carbocycles. The fourth-order valence-electron chi connectivity index (χ4n) is 0.319. The second-order valence-corrected chi connectivity index (χ2v) is 5.17. The Morgan fingerprint density at radius 3 is 3.43 bits per heavy atom. The zero-order valence-electron chi connectivity index (χ0n) is 3.83. The number of rotatable bonds is 0. The molecule has 0 aromatic rings. The van der Waals surface area contributed by atoms with E-state index >= 15 is 0 Å². The molecule has 0 saturated heterocycles. The first-order chi connectivity index (χ1) is 3.50. The summed E-state index contributed by atoms with van der Waals surface area (Å²) in [6, 6.07) is 0. The van der Waals surface area contributed by atoms with Crippen LogP contribution in [0.5, 0.6) is 0 Å². The van der Waals surface area contributed by atoms with Gasteiger partial charge in [0.2, 0.25) is 0 Å². The third-order valence-corrected chi connectivity index (χ3v) is 3.97. The maximum atomic E-state index is 3.99. The first-order valence-corrected chi connectivity index (χ1v) is 6.29. The molecule has 1 aliphatic rings. The van der Waals surface area contributed by atoms with Crippen LogP contribution in [0.1, 0.15) is 6.42 Å². The zero-order valence-corrected chi connectivity index (χ0v) is 6.38. The molecule has 0 bridgehead atoms. The predicted molar refractivity (Wildman–Crippen MR) is 19.1 cm³/mol. The van der Waals surface area contributed by atoms with E-state index in [1.54, 1.807) is 0 Å². The number of nitrogens with zero attached hydrogens (tertiary/aromatic N) is 2. The standard InChI is InChI=1S/C3H6N2.2Cr/c1-2-3-5-4;;/h1-3H2;;/q-1;;+1. The summed E-state index contributed by atoms with van der Waals surface area (Å²) in [5, 5.41) is 5.34. The van der Waals surface area contributed by atoms with Gasteiger partial charge in [0, 0.05) is 0 Å². The monoisotopic (exact) mass is 174 g/mol. The summed E-state index contributed by atoms with van der Waals surface area (Å²) < 4.78 is 3.99. The summed E-state index contributed by atoms with van der Waals surface area (Å²) in [6.45, 7) is 0.990. The van der Waals surface area contributed by atoms with Gasteiger partial charge in [0.05, 0.1) is 0 Å². The fourth-order valence-corrected chi connectivity index (χ4v) is 2.94. The second kappa shape index (κ2) is 3.64. The van der Waals surface area contributed by atoms with Gasteiger partial charge < -0.3 is 0 Å². The Morgan fingerprint density at radius 2 is 2.43 bits per heavy atom. The molecule has 40 valence electrons. The summed E-state index contributed by atoms with van der Waals surface area (Å²) in [5.41, 5.74) is 0. The average Bonchev–Trinajstić information content (AvgIpc) is 1.90. The van der Waals surface area contributed by atoms with Gasteiger partial charge >= 0.3 is 53.2 Å². The summed E-state index contributed by atoms with van der Waals surface area (Å²) in [4.78, 5) is 0. The molecule has 0 saturated carbocycles. The summed E-state index contributed by atoms with van der Waals surface area (Å²) in [7, 11) is 0. The van der Waals surface area contributed by atoms with Gasteiger partial charge in [-0.25, -0.2) is 0 Å². The van der Waals surface area contributed by atoms with E-state index in [2.05, 4.69) is 9.21 Å². The fraction of sp³-hybridized carbons (Fsp3) is 1.00. The van der Waals surface area contributed by atoms with E-state index in [4.69, 9.17) is 0 Å². The first kappa shape index (κ1) is 5.80. The molecular formula is C3H6Cr2N2. The van der Waals surface area contributed by atoms with Crippen molar-refractivity contribution >= 4 is 0 Å². The van der Waals surface area contributed by atoms with Crippen molar-refractivity contribution < 1.29 is 25.8 Å². The summed E-state index contributed by atoms with van der Waals surface area (Å²) >= 11 is 1.40. The van der Waals surface area contributed by atoms with Gasteiger partial charge in [-0.2, -0.15) is 0 Å². The van der Waals surface area contributed by atoms with Gasteiger partial charge in [-0.15, -0.1) is 0 Å². The number of hydrogen-bond acceptors (Lipinski definition) is 2. The van der Waals surface area contributed by atoms with Gasteiger partial charge in [-0.05, 0) is 0 Å². The molecule has 0 unspecified atom stereocenters. The third kappa shape index (κ3) is 2.47. The van der Waals surface area contributed by atoms with E-state index in [0.29, 0.717) is 13.0 Å². The van der Waals surface area contributed by atoms with Crippen LogP contribution in [0.4, 0.5) is 0 Å². The summed E-state index contributed by atoms with van der Waals surface area (Å²) in [5.74, 6) is 0. The molecule has 0 aliphatic carbocycles. The van der Waals surface area contributed by atoms with Gasteiger partial charge in [0.15, 0.2) is 0 Å². The van der Waals surface area contributed by atoms with E-state index in [1.165, 1.54) is 11.7 Å². The molecule has 2 nitrogen and oxygen atoms in total. The van der Waals surface area contributed by atoms with E-state index in [-0.39, 0.29) is 0 Å². The Labute approximate surface area is 53.4 Å². The minimum absolute atomic E-state index is 0.559. The Hall–Kier alpha value is 0.665. The molecule has 1 heterocycles. The van der Waals surface area contributed by atoms with Gasteiger partial charge in [-0.1, -0.05) is 0 Å². The summed E-state index contributed by atoms with van der Waals surface area (Å²) in [6.07, 6.45) is 1.28. The molecule has 0 spiro atoms. The Balaban J connectivity index is 2.39. The van der Waals surface area contributed by atoms with Crippen LogP contribution in [-0.4, -0.2) is 6.54 Å². The molecule has 0 atom stereocenters.